The number of rotatable bonds is 8. The zero-order chi connectivity index (χ0) is 23.5. The molecule has 5 rings (SSSR count). The topological polar surface area (TPSA) is 92.9 Å². The number of halogens is 3. The van der Waals surface area contributed by atoms with Crippen molar-refractivity contribution < 1.29 is 19.0 Å². The van der Waals surface area contributed by atoms with E-state index in [0.29, 0.717) is 45.7 Å². The van der Waals surface area contributed by atoms with Crippen LogP contribution in [-0.2, 0) is 0 Å². The molecule has 1 fully saturated rings. The molecular formula is C25H29Cl3N4O4. The molecule has 2 N–H and O–H groups in total. The molecule has 36 heavy (non-hydrogen) atoms. The Labute approximate surface area is 226 Å². The number of methoxy groups -OCH3 is 1. The van der Waals surface area contributed by atoms with Gasteiger partial charge in [0.05, 0.1) is 23.9 Å². The summed E-state index contributed by atoms with van der Waals surface area (Å²) in [7, 11) is 1.58. The van der Waals surface area contributed by atoms with Crippen LogP contribution in [0.5, 0.6) is 11.5 Å². The highest BCUT2D eigenvalue weighted by Crippen LogP contribution is 2.38. The summed E-state index contributed by atoms with van der Waals surface area (Å²) in [6.45, 7) is 2.83. The summed E-state index contributed by atoms with van der Waals surface area (Å²) in [4.78, 5) is 11.1. The molecule has 0 unspecified atom stereocenters. The average molecular weight is 556 g/mol. The molecule has 0 radical (unpaired) electrons. The molecular weight excluding hydrogens is 527 g/mol. The molecule has 8 nitrogen and oxygen atoms in total. The van der Waals surface area contributed by atoms with Crippen molar-refractivity contribution in [2.24, 2.45) is 0 Å². The van der Waals surface area contributed by atoms with Gasteiger partial charge in [-0.2, -0.15) is 0 Å². The molecule has 0 amide bonds. The Balaban J connectivity index is 0.00000180. The van der Waals surface area contributed by atoms with Gasteiger partial charge in [0.1, 0.15) is 30.5 Å². The number of ether oxygens (including phenoxy) is 2. The summed E-state index contributed by atoms with van der Waals surface area (Å²) in [6, 6.07) is 9.20. The number of aliphatic hydroxyl groups is 1. The first-order chi connectivity index (χ1) is 16.6. The number of hydrogen-bond acceptors (Lipinski definition) is 8. The third kappa shape index (κ3) is 6.07. The number of furan rings is 1. The normalized spacial score (nSPS) is 14.6. The predicted molar refractivity (Wildman–Crippen MR) is 147 cm³/mol. The maximum atomic E-state index is 10.5. The van der Waals surface area contributed by atoms with Crippen molar-refractivity contribution in [3.8, 4) is 11.5 Å². The molecule has 194 valence electrons. The molecule has 1 aliphatic rings. The van der Waals surface area contributed by atoms with E-state index in [4.69, 9.17) is 25.5 Å². The second-order valence-electron chi connectivity index (χ2n) is 8.45. The summed E-state index contributed by atoms with van der Waals surface area (Å²) in [5, 5.41) is 16.0. The Hall–Kier alpha value is -2.49. The van der Waals surface area contributed by atoms with Gasteiger partial charge in [-0.05, 0) is 50.2 Å². The number of aromatic nitrogens is 2. The summed E-state index contributed by atoms with van der Waals surface area (Å²) < 4.78 is 17.1. The summed E-state index contributed by atoms with van der Waals surface area (Å²) in [5.41, 5.74) is 1.94. The average Bonchev–Trinajstić information content (AvgIpc) is 3.34. The fourth-order valence-corrected chi connectivity index (χ4v) is 4.55. The largest absolute Gasteiger partial charge is 0.493 e. The first-order valence-corrected chi connectivity index (χ1v) is 11.8. The Morgan fingerprint density at radius 1 is 1.11 bits per heavy atom. The third-order valence-electron chi connectivity index (χ3n) is 6.08. The van der Waals surface area contributed by atoms with E-state index >= 15 is 0 Å². The van der Waals surface area contributed by atoms with E-state index in [9.17, 15) is 5.11 Å². The minimum Gasteiger partial charge on any atom is -0.493 e. The number of fused-ring (bicyclic) bond motifs is 2. The smallest absolute Gasteiger partial charge is 0.163 e. The number of β-amino-alcohol motifs (C(OH)–C–C–N with tert-alkyl or cyclic N) is 1. The molecule has 0 saturated carbocycles. The van der Waals surface area contributed by atoms with Crippen molar-refractivity contribution in [2.45, 2.75) is 25.4 Å². The monoisotopic (exact) mass is 554 g/mol. The van der Waals surface area contributed by atoms with Gasteiger partial charge >= 0.3 is 0 Å². The van der Waals surface area contributed by atoms with Gasteiger partial charge in [-0.3, -0.25) is 0 Å². The molecule has 1 saturated heterocycles. The van der Waals surface area contributed by atoms with Crippen LogP contribution >= 0.6 is 36.4 Å². The van der Waals surface area contributed by atoms with Gasteiger partial charge in [0.15, 0.2) is 17.1 Å². The van der Waals surface area contributed by atoms with Gasteiger partial charge in [-0.1, -0.05) is 18.0 Å². The van der Waals surface area contributed by atoms with E-state index < -0.39 is 6.10 Å². The molecule has 11 heteroatoms. The van der Waals surface area contributed by atoms with Crippen molar-refractivity contribution in [3.05, 3.63) is 47.9 Å². The van der Waals surface area contributed by atoms with Gasteiger partial charge in [0.25, 0.3) is 0 Å². The van der Waals surface area contributed by atoms with E-state index in [1.54, 1.807) is 19.4 Å². The summed E-state index contributed by atoms with van der Waals surface area (Å²) >= 11 is 6.45. The molecule has 2 aromatic heterocycles. The van der Waals surface area contributed by atoms with Gasteiger partial charge in [0, 0.05) is 23.4 Å². The molecule has 1 atom stereocenters. The lowest BCUT2D eigenvalue weighted by Gasteiger charge is -2.28. The molecule has 4 aromatic rings. The van der Waals surface area contributed by atoms with Gasteiger partial charge in [-0.15, -0.1) is 24.8 Å². The minimum atomic E-state index is -0.586. The van der Waals surface area contributed by atoms with Crippen LogP contribution in [0.15, 0.2) is 47.3 Å². The number of hydrogen-bond donors (Lipinski definition) is 2. The maximum Gasteiger partial charge on any atom is 0.163 e. The van der Waals surface area contributed by atoms with E-state index in [1.807, 2.05) is 24.3 Å². The van der Waals surface area contributed by atoms with Crippen LogP contribution in [0, 0.1) is 0 Å². The lowest BCUT2D eigenvalue weighted by atomic mass is 10.1. The molecule has 0 aliphatic carbocycles. The second-order valence-corrected chi connectivity index (χ2v) is 8.86. The highest BCUT2D eigenvalue weighted by atomic mass is 35.5. The van der Waals surface area contributed by atoms with Crippen molar-refractivity contribution in [3.63, 3.8) is 0 Å². The SMILES string of the molecule is COc1cc2c(Nc3c(Cl)ccc4ccoc34)ncnc2cc1OC[C@@H](O)CN1CCCCC1.Cl.Cl. The molecule has 3 heterocycles. The highest BCUT2D eigenvalue weighted by Gasteiger charge is 2.18. The van der Waals surface area contributed by atoms with Gasteiger partial charge in [-0.25, -0.2) is 9.97 Å². The second kappa shape index (κ2) is 12.7. The van der Waals surface area contributed by atoms with Crippen molar-refractivity contribution >= 4 is 69.8 Å². The zero-order valence-electron chi connectivity index (χ0n) is 19.8. The van der Waals surface area contributed by atoms with Crippen LogP contribution in [0.1, 0.15) is 19.3 Å². The fraction of sp³-hybridized carbons (Fsp3) is 0.360. The zero-order valence-corrected chi connectivity index (χ0v) is 22.2. The molecule has 0 bridgehead atoms. The Morgan fingerprint density at radius 3 is 2.69 bits per heavy atom. The first kappa shape index (κ1) is 28.1. The Bertz CT molecular complexity index is 1300. The molecule has 0 spiro atoms. The van der Waals surface area contributed by atoms with Gasteiger partial charge < -0.3 is 29.2 Å². The van der Waals surface area contributed by atoms with Crippen molar-refractivity contribution in [1.29, 1.82) is 0 Å². The Kier molecular flexibility index (Phi) is 9.87. The molecule has 1 aliphatic heterocycles. The molecule has 2 aromatic carbocycles. The Morgan fingerprint density at radius 2 is 1.92 bits per heavy atom. The van der Waals surface area contributed by atoms with Crippen LogP contribution in [-0.4, -0.2) is 59.4 Å². The number of piperidine rings is 1. The van der Waals surface area contributed by atoms with E-state index in [0.717, 1.165) is 23.9 Å². The van der Waals surface area contributed by atoms with E-state index in [-0.39, 0.29) is 31.4 Å². The lowest BCUT2D eigenvalue weighted by molar-refractivity contribution is 0.0609. The summed E-state index contributed by atoms with van der Waals surface area (Å²) in [5.74, 6) is 1.60. The van der Waals surface area contributed by atoms with Crippen molar-refractivity contribution in [1.82, 2.24) is 14.9 Å². The van der Waals surface area contributed by atoms with E-state index in [2.05, 4.69) is 20.2 Å². The summed E-state index contributed by atoms with van der Waals surface area (Å²) in [6.07, 6.45) is 6.14. The predicted octanol–water partition coefficient (Wildman–Crippen LogP) is 5.85. The number of aliphatic hydroxyl groups excluding tert-OH is 1. The fourth-order valence-electron chi connectivity index (χ4n) is 4.36. The van der Waals surface area contributed by atoms with E-state index in [1.165, 1.54) is 25.6 Å². The quantitative estimate of drug-likeness (QED) is 0.280. The van der Waals surface area contributed by atoms with Crippen LogP contribution in [0.4, 0.5) is 11.5 Å². The van der Waals surface area contributed by atoms with Crippen LogP contribution in [0.2, 0.25) is 5.02 Å². The third-order valence-corrected chi connectivity index (χ3v) is 6.40. The van der Waals surface area contributed by atoms with Crippen LogP contribution in [0.25, 0.3) is 21.9 Å². The van der Waals surface area contributed by atoms with Gasteiger partial charge in [0.2, 0.25) is 0 Å². The highest BCUT2D eigenvalue weighted by molar-refractivity contribution is 6.35. The maximum absolute atomic E-state index is 10.5. The number of anilines is 2. The van der Waals surface area contributed by atoms with Crippen LogP contribution in [0.3, 0.4) is 0 Å². The number of nitrogens with one attached hydrogen (secondary N) is 1. The number of benzene rings is 2. The number of likely N-dealkylation sites (tertiary alicyclic amines) is 1. The number of nitrogens with zero attached hydrogens (tertiary/aromatic N) is 3. The first-order valence-electron chi connectivity index (χ1n) is 11.4. The lowest BCUT2D eigenvalue weighted by Crippen LogP contribution is -2.38. The standard InChI is InChI=1S/C25H27ClN4O4.2ClH/c1-32-21-11-18-20(12-22(21)34-14-17(31)13-30-8-3-2-4-9-30)27-15-28-25(18)29-23-19(26)6-5-16-7-10-33-24(16)23;;/h5-7,10-12,15,17,31H,2-4,8-9,13-14H2,1H3,(H,27,28,29);2*1H/t17-;;/m0../s1. The van der Waals surface area contributed by atoms with Crippen LogP contribution < -0.4 is 14.8 Å². The van der Waals surface area contributed by atoms with Crippen molar-refractivity contribution in [2.75, 3.05) is 38.7 Å². The minimum absolute atomic E-state index is 0.